The summed E-state index contributed by atoms with van der Waals surface area (Å²) in [7, 11) is 0. The molecule has 69 heavy (non-hydrogen) atoms. The number of nitrogens with zero attached hydrogens (tertiary/aromatic N) is 2. The number of para-hydroxylation sites is 1. The van der Waals surface area contributed by atoms with Crippen LogP contribution in [-0.4, -0.2) is 0 Å². The van der Waals surface area contributed by atoms with Crippen molar-refractivity contribution in [3.8, 4) is 55.6 Å². The molecule has 3 heteroatoms. The fourth-order valence-electron chi connectivity index (χ4n) is 9.55. The van der Waals surface area contributed by atoms with Crippen LogP contribution in [0.4, 0.5) is 34.1 Å². The lowest BCUT2D eigenvalue weighted by atomic mass is 10.0. The van der Waals surface area contributed by atoms with Crippen LogP contribution in [0.3, 0.4) is 0 Å². The highest BCUT2D eigenvalue weighted by Gasteiger charge is 2.18. The largest absolute Gasteiger partial charge is 0.456 e. The van der Waals surface area contributed by atoms with Crippen LogP contribution in [0.25, 0.3) is 77.6 Å². The second-order valence-electron chi connectivity index (χ2n) is 17.4. The molecule has 3 nitrogen and oxygen atoms in total. The van der Waals surface area contributed by atoms with Crippen molar-refractivity contribution in [3.63, 3.8) is 0 Å². The number of hydrogen-bond donors (Lipinski definition) is 0. The SMILES string of the molecule is c1ccc(-c2ccc(N(c3ccc(-c4ccccc4)cc3)c3cccc(-c4cccc(N(c5ccc(-c6ccccc6)cc5)c5ccc(-c6ccc7c(c6)oc6ccccc67)cc5)c4)c3)cc2)cc1. The molecular formula is C66H46N2O. The first kappa shape index (κ1) is 41.3. The van der Waals surface area contributed by atoms with Crippen molar-refractivity contribution < 1.29 is 4.42 Å². The van der Waals surface area contributed by atoms with Crippen LogP contribution in [0.1, 0.15) is 0 Å². The molecule has 0 saturated carbocycles. The molecule has 0 aliphatic heterocycles. The monoisotopic (exact) mass is 882 g/mol. The molecular weight excluding hydrogens is 837 g/mol. The highest BCUT2D eigenvalue weighted by atomic mass is 16.3. The summed E-state index contributed by atoms with van der Waals surface area (Å²) in [5, 5.41) is 2.27. The highest BCUT2D eigenvalue weighted by Crippen LogP contribution is 2.42. The molecule has 1 aromatic heterocycles. The zero-order valence-electron chi connectivity index (χ0n) is 37.9. The van der Waals surface area contributed by atoms with Gasteiger partial charge in [-0.2, -0.15) is 0 Å². The zero-order valence-corrected chi connectivity index (χ0v) is 37.9. The topological polar surface area (TPSA) is 19.6 Å². The Morgan fingerprint density at radius 2 is 0.493 bits per heavy atom. The summed E-state index contributed by atoms with van der Waals surface area (Å²) in [6.07, 6.45) is 0. The summed E-state index contributed by atoms with van der Waals surface area (Å²) in [6.45, 7) is 0. The Morgan fingerprint density at radius 3 is 0.913 bits per heavy atom. The molecule has 0 unspecified atom stereocenters. The average Bonchev–Trinajstić information content (AvgIpc) is 3.81. The van der Waals surface area contributed by atoms with E-state index in [-0.39, 0.29) is 0 Å². The van der Waals surface area contributed by atoms with E-state index in [4.69, 9.17) is 4.42 Å². The van der Waals surface area contributed by atoms with Gasteiger partial charge in [-0.15, -0.1) is 0 Å². The lowest BCUT2D eigenvalue weighted by Gasteiger charge is -2.27. The predicted molar refractivity (Wildman–Crippen MR) is 290 cm³/mol. The Morgan fingerprint density at radius 1 is 0.188 bits per heavy atom. The molecule has 0 spiro atoms. The van der Waals surface area contributed by atoms with Gasteiger partial charge in [0.2, 0.25) is 0 Å². The molecule has 326 valence electrons. The fraction of sp³-hybridized carbons (Fsp3) is 0. The van der Waals surface area contributed by atoms with Gasteiger partial charge in [-0.1, -0.05) is 188 Å². The minimum atomic E-state index is 0.892. The third kappa shape index (κ3) is 8.35. The fourth-order valence-corrected chi connectivity index (χ4v) is 9.55. The van der Waals surface area contributed by atoms with Gasteiger partial charge < -0.3 is 14.2 Å². The molecule has 11 aromatic carbocycles. The maximum absolute atomic E-state index is 6.27. The Labute approximate surface area is 403 Å². The van der Waals surface area contributed by atoms with E-state index in [0.717, 1.165) is 78.3 Å². The standard InChI is InChI=1S/C66H46N2O/c1-4-14-47(15-5-1)50-26-35-57(36-27-50)67(58-37-28-51(29-38-58)48-16-6-2-7-17-48)61-22-12-20-54(44-61)55-21-13-23-62(45-55)68(59-39-30-52(31-40-59)49-18-8-3-9-19-49)60-41-32-53(33-42-60)56-34-43-64-63-24-10-11-25-65(63)69-66(64)46-56/h1-46H. The third-order valence-electron chi connectivity index (χ3n) is 13.1. The van der Waals surface area contributed by atoms with Gasteiger partial charge in [0.25, 0.3) is 0 Å². The summed E-state index contributed by atoms with van der Waals surface area (Å²) in [4.78, 5) is 4.70. The van der Waals surface area contributed by atoms with E-state index >= 15 is 0 Å². The van der Waals surface area contributed by atoms with E-state index in [2.05, 4.69) is 277 Å². The summed E-state index contributed by atoms with van der Waals surface area (Å²) in [5.41, 5.74) is 19.8. The van der Waals surface area contributed by atoms with E-state index < -0.39 is 0 Å². The van der Waals surface area contributed by atoms with Gasteiger partial charge in [-0.25, -0.2) is 0 Å². The molecule has 0 fully saturated rings. The van der Waals surface area contributed by atoms with Crippen LogP contribution >= 0.6 is 0 Å². The average molecular weight is 883 g/mol. The number of hydrogen-bond acceptors (Lipinski definition) is 3. The predicted octanol–water partition coefficient (Wildman–Crippen LogP) is 18.9. The molecule has 0 aliphatic carbocycles. The molecule has 0 aliphatic rings. The van der Waals surface area contributed by atoms with Gasteiger partial charge in [0.05, 0.1) is 0 Å². The van der Waals surface area contributed by atoms with Crippen molar-refractivity contribution >= 4 is 56.1 Å². The molecule has 0 atom stereocenters. The Bertz CT molecular complexity index is 3590. The Kier molecular flexibility index (Phi) is 10.9. The van der Waals surface area contributed by atoms with Crippen molar-refractivity contribution in [2.24, 2.45) is 0 Å². The van der Waals surface area contributed by atoms with Crippen LogP contribution < -0.4 is 9.80 Å². The second kappa shape index (κ2) is 18.2. The van der Waals surface area contributed by atoms with Crippen LogP contribution in [0.15, 0.2) is 283 Å². The second-order valence-corrected chi connectivity index (χ2v) is 17.4. The molecule has 0 N–H and O–H groups in total. The lowest BCUT2D eigenvalue weighted by Crippen LogP contribution is -2.10. The number of rotatable bonds is 11. The minimum Gasteiger partial charge on any atom is -0.456 e. The van der Waals surface area contributed by atoms with Crippen molar-refractivity contribution in [3.05, 3.63) is 279 Å². The van der Waals surface area contributed by atoms with Gasteiger partial charge in [0.15, 0.2) is 0 Å². The normalized spacial score (nSPS) is 11.2. The van der Waals surface area contributed by atoms with E-state index in [1.165, 1.54) is 33.4 Å². The quantitative estimate of drug-likeness (QED) is 0.129. The molecule has 1 heterocycles. The van der Waals surface area contributed by atoms with Crippen molar-refractivity contribution in [2.75, 3.05) is 9.80 Å². The van der Waals surface area contributed by atoms with E-state index in [0.29, 0.717) is 0 Å². The highest BCUT2D eigenvalue weighted by molar-refractivity contribution is 6.06. The van der Waals surface area contributed by atoms with Gasteiger partial charge >= 0.3 is 0 Å². The van der Waals surface area contributed by atoms with Gasteiger partial charge in [-0.3, -0.25) is 0 Å². The molecule has 0 amide bonds. The lowest BCUT2D eigenvalue weighted by molar-refractivity contribution is 0.669. The number of benzene rings is 11. The van der Waals surface area contributed by atoms with Gasteiger partial charge in [-0.05, 0) is 147 Å². The first-order chi connectivity index (χ1) is 34.2. The first-order valence-corrected chi connectivity index (χ1v) is 23.5. The van der Waals surface area contributed by atoms with E-state index in [1.807, 2.05) is 12.1 Å². The maximum atomic E-state index is 6.27. The van der Waals surface area contributed by atoms with E-state index in [1.54, 1.807) is 0 Å². The zero-order chi connectivity index (χ0) is 45.9. The van der Waals surface area contributed by atoms with Gasteiger partial charge in [0, 0.05) is 44.9 Å². The van der Waals surface area contributed by atoms with E-state index in [9.17, 15) is 0 Å². The molecule has 12 aromatic rings. The van der Waals surface area contributed by atoms with Crippen LogP contribution in [-0.2, 0) is 0 Å². The molecule has 12 rings (SSSR count). The number of anilines is 6. The molecule has 0 radical (unpaired) electrons. The summed E-state index contributed by atoms with van der Waals surface area (Å²) >= 11 is 0. The third-order valence-corrected chi connectivity index (χ3v) is 13.1. The van der Waals surface area contributed by atoms with Crippen molar-refractivity contribution in [1.82, 2.24) is 0 Å². The smallest absolute Gasteiger partial charge is 0.136 e. The minimum absolute atomic E-state index is 0.892. The first-order valence-electron chi connectivity index (χ1n) is 23.5. The molecule has 0 saturated heterocycles. The molecule has 0 bridgehead atoms. The summed E-state index contributed by atoms with van der Waals surface area (Å²) in [5.74, 6) is 0. The van der Waals surface area contributed by atoms with Crippen LogP contribution in [0.5, 0.6) is 0 Å². The van der Waals surface area contributed by atoms with Crippen molar-refractivity contribution in [2.45, 2.75) is 0 Å². The number of fused-ring (bicyclic) bond motifs is 3. The summed E-state index contributed by atoms with van der Waals surface area (Å²) < 4.78 is 6.27. The van der Waals surface area contributed by atoms with Crippen LogP contribution in [0.2, 0.25) is 0 Å². The van der Waals surface area contributed by atoms with Crippen molar-refractivity contribution in [1.29, 1.82) is 0 Å². The Balaban J connectivity index is 0.915. The number of furan rings is 1. The maximum Gasteiger partial charge on any atom is 0.136 e. The summed E-state index contributed by atoms with van der Waals surface area (Å²) in [6, 6.07) is 99.8. The Hall–Kier alpha value is -9.18. The van der Waals surface area contributed by atoms with Crippen LogP contribution in [0, 0.1) is 0 Å². The van der Waals surface area contributed by atoms with Gasteiger partial charge in [0.1, 0.15) is 11.2 Å².